The molecule has 1 aliphatic carbocycles. The van der Waals surface area contributed by atoms with Crippen LogP contribution in [0.15, 0.2) is 0 Å². The van der Waals surface area contributed by atoms with Crippen LogP contribution < -0.4 is 5.32 Å². The van der Waals surface area contributed by atoms with Gasteiger partial charge in [-0.25, -0.2) is 0 Å². The van der Waals surface area contributed by atoms with E-state index in [0.717, 1.165) is 31.6 Å². The summed E-state index contributed by atoms with van der Waals surface area (Å²) in [5.41, 5.74) is 0. The molecule has 0 bridgehead atoms. The molecule has 0 aromatic carbocycles. The highest BCUT2D eigenvalue weighted by molar-refractivity contribution is 4.83. The van der Waals surface area contributed by atoms with Crippen LogP contribution in [0.1, 0.15) is 12.8 Å². The zero-order chi connectivity index (χ0) is 6.81. The van der Waals surface area contributed by atoms with Gasteiger partial charge >= 0.3 is 0 Å². The highest BCUT2D eigenvalue weighted by atomic mass is 16.5. The van der Waals surface area contributed by atoms with Crippen molar-refractivity contribution in [1.29, 1.82) is 0 Å². The summed E-state index contributed by atoms with van der Waals surface area (Å²) in [5, 5.41) is 3.39. The third-order valence-corrected chi connectivity index (χ3v) is 2.45. The molecule has 1 unspecified atom stereocenters. The monoisotopic (exact) mass is 141 g/mol. The third-order valence-electron chi connectivity index (χ3n) is 2.45. The number of hydrogen-bond donors (Lipinski definition) is 1. The van der Waals surface area contributed by atoms with Crippen LogP contribution in [0.3, 0.4) is 0 Å². The van der Waals surface area contributed by atoms with Crippen LogP contribution >= 0.6 is 0 Å². The Bertz CT molecular complexity index is 104. The summed E-state index contributed by atoms with van der Waals surface area (Å²) in [5.74, 6) is 1.81. The molecule has 10 heavy (non-hydrogen) atoms. The summed E-state index contributed by atoms with van der Waals surface area (Å²) in [4.78, 5) is 0. The lowest BCUT2D eigenvalue weighted by atomic mass is 10.1. The van der Waals surface area contributed by atoms with Crippen LogP contribution in [0.2, 0.25) is 0 Å². The number of rotatable bonds is 1. The summed E-state index contributed by atoms with van der Waals surface area (Å²) >= 11 is 0. The molecule has 1 N–H and O–H groups in total. The van der Waals surface area contributed by atoms with E-state index in [4.69, 9.17) is 4.74 Å². The van der Waals surface area contributed by atoms with Crippen molar-refractivity contribution >= 4 is 0 Å². The van der Waals surface area contributed by atoms with Crippen LogP contribution in [0.4, 0.5) is 0 Å². The molecule has 2 heteroatoms. The third kappa shape index (κ3) is 1.50. The predicted molar refractivity (Wildman–Crippen MR) is 39.9 cm³/mol. The Balaban J connectivity index is 1.81. The van der Waals surface area contributed by atoms with Crippen molar-refractivity contribution in [3.8, 4) is 0 Å². The van der Waals surface area contributed by atoms with Crippen molar-refractivity contribution < 1.29 is 4.74 Å². The molecule has 0 aromatic heterocycles. The van der Waals surface area contributed by atoms with E-state index in [1.54, 1.807) is 0 Å². The normalized spacial score (nSPS) is 35.4. The molecule has 0 spiro atoms. The zero-order valence-electron chi connectivity index (χ0n) is 6.31. The van der Waals surface area contributed by atoms with Gasteiger partial charge < -0.3 is 10.1 Å². The lowest BCUT2D eigenvalue weighted by molar-refractivity contribution is 0.116. The molecule has 1 aliphatic heterocycles. The minimum Gasteiger partial charge on any atom is -0.380 e. The zero-order valence-corrected chi connectivity index (χ0v) is 6.31. The van der Waals surface area contributed by atoms with Crippen molar-refractivity contribution in [1.82, 2.24) is 5.32 Å². The summed E-state index contributed by atoms with van der Waals surface area (Å²) < 4.78 is 5.45. The topological polar surface area (TPSA) is 21.3 Å². The lowest BCUT2D eigenvalue weighted by Crippen LogP contribution is -2.23. The highest BCUT2D eigenvalue weighted by Crippen LogP contribution is 2.36. The fraction of sp³-hybridized carbons (Fsp3) is 1.00. The van der Waals surface area contributed by atoms with Gasteiger partial charge in [0.25, 0.3) is 0 Å². The Hall–Kier alpha value is -0.0800. The Morgan fingerprint density at radius 1 is 1.20 bits per heavy atom. The van der Waals surface area contributed by atoms with Gasteiger partial charge in [-0.2, -0.15) is 0 Å². The van der Waals surface area contributed by atoms with E-state index >= 15 is 0 Å². The van der Waals surface area contributed by atoms with E-state index in [1.807, 2.05) is 0 Å². The fourth-order valence-corrected chi connectivity index (χ4v) is 1.60. The van der Waals surface area contributed by atoms with Gasteiger partial charge in [0, 0.05) is 13.1 Å². The molecule has 1 heterocycles. The number of ether oxygens (including phenoxy) is 1. The maximum atomic E-state index is 5.45. The average Bonchev–Trinajstić information content (AvgIpc) is 2.76. The standard InChI is InChI=1S/C8H15NO/c1-2-7(1)8-5-9-3-4-10-6-8/h7-9H,1-6H2. The fourth-order valence-electron chi connectivity index (χ4n) is 1.60. The van der Waals surface area contributed by atoms with Gasteiger partial charge in [-0.05, 0) is 24.7 Å². The SMILES string of the molecule is C1COCC(C2CC2)CN1. The number of hydrogen-bond acceptors (Lipinski definition) is 2. The summed E-state index contributed by atoms with van der Waals surface area (Å²) in [6, 6.07) is 0. The molecule has 1 saturated heterocycles. The maximum absolute atomic E-state index is 5.45. The Labute approximate surface area is 61.9 Å². The van der Waals surface area contributed by atoms with Crippen LogP contribution in [0.25, 0.3) is 0 Å². The average molecular weight is 141 g/mol. The van der Waals surface area contributed by atoms with Crippen molar-refractivity contribution in [3.05, 3.63) is 0 Å². The first kappa shape index (κ1) is 6.62. The summed E-state index contributed by atoms with van der Waals surface area (Å²) in [7, 11) is 0. The van der Waals surface area contributed by atoms with E-state index in [2.05, 4.69) is 5.32 Å². The minimum atomic E-state index is 0.822. The van der Waals surface area contributed by atoms with Crippen LogP contribution in [0, 0.1) is 11.8 Å². The second-order valence-electron chi connectivity index (χ2n) is 3.38. The van der Waals surface area contributed by atoms with E-state index < -0.39 is 0 Å². The van der Waals surface area contributed by atoms with Crippen LogP contribution in [-0.4, -0.2) is 26.3 Å². The maximum Gasteiger partial charge on any atom is 0.0591 e. The first-order valence-electron chi connectivity index (χ1n) is 4.25. The minimum absolute atomic E-state index is 0.822. The van der Waals surface area contributed by atoms with E-state index in [0.29, 0.717) is 0 Å². The molecule has 0 radical (unpaired) electrons. The second-order valence-corrected chi connectivity index (χ2v) is 3.38. The molecule has 0 aromatic rings. The molecule has 2 aliphatic rings. The Kier molecular flexibility index (Phi) is 1.91. The highest BCUT2D eigenvalue weighted by Gasteiger charge is 2.31. The molecule has 0 amide bonds. The smallest absolute Gasteiger partial charge is 0.0591 e. The molecule has 1 atom stereocenters. The summed E-state index contributed by atoms with van der Waals surface area (Å²) in [6.45, 7) is 4.13. The quantitative estimate of drug-likeness (QED) is 0.578. The van der Waals surface area contributed by atoms with E-state index in [1.165, 1.54) is 19.4 Å². The molecule has 2 fully saturated rings. The van der Waals surface area contributed by atoms with Gasteiger partial charge in [-0.15, -0.1) is 0 Å². The van der Waals surface area contributed by atoms with Crippen molar-refractivity contribution in [2.75, 3.05) is 26.3 Å². The first-order chi connectivity index (χ1) is 4.97. The van der Waals surface area contributed by atoms with E-state index in [-0.39, 0.29) is 0 Å². The molecule has 1 saturated carbocycles. The van der Waals surface area contributed by atoms with Gasteiger partial charge in [0.05, 0.1) is 13.2 Å². The van der Waals surface area contributed by atoms with Gasteiger partial charge in [-0.3, -0.25) is 0 Å². The van der Waals surface area contributed by atoms with Gasteiger partial charge in [0.2, 0.25) is 0 Å². The lowest BCUT2D eigenvalue weighted by Gasteiger charge is -2.10. The van der Waals surface area contributed by atoms with Crippen LogP contribution in [0.5, 0.6) is 0 Å². The molecular weight excluding hydrogens is 126 g/mol. The second kappa shape index (κ2) is 2.89. The summed E-state index contributed by atoms with van der Waals surface area (Å²) in [6.07, 6.45) is 2.88. The van der Waals surface area contributed by atoms with Crippen molar-refractivity contribution in [3.63, 3.8) is 0 Å². The van der Waals surface area contributed by atoms with Crippen molar-refractivity contribution in [2.24, 2.45) is 11.8 Å². The number of nitrogens with one attached hydrogen (secondary N) is 1. The largest absolute Gasteiger partial charge is 0.380 e. The van der Waals surface area contributed by atoms with Gasteiger partial charge in [-0.1, -0.05) is 0 Å². The predicted octanol–water partition coefficient (Wildman–Crippen LogP) is 0.632. The molecule has 2 rings (SSSR count). The molecular formula is C8H15NO. The molecule has 58 valence electrons. The van der Waals surface area contributed by atoms with Crippen LogP contribution in [-0.2, 0) is 4.74 Å². The Morgan fingerprint density at radius 3 is 2.90 bits per heavy atom. The molecule has 2 nitrogen and oxygen atoms in total. The Morgan fingerprint density at radius 2 is 2.10 bits per heavy atom. The van der Waals surface area contributed by atoms with E-state index in [9.17, 15) is 0 Å². The van der Waals surface area contributed by atoms with Crippen molar-refractivity contribution in [2.45, 2.75) is 12.8 Å². The van der Waals surface area contributed by atoms with Gasteiger partial charge in [0.15, 0.2) is 0 Å². The van der Waals surface area contributed by atoms with Gasteiger partial charge in [0.1, 0.15) is 0 Å². The first-order valence-corrected chi connectivity index (χ1v) is 4.25.